The van der Waals surface area contributed by atoms with E-state index in [9.17, 15) is 4.57 Å². The Morgan fingerprint density at radius 2 is 1.41 bits per heavy atom. The fourth-order valence-electron chi connectivity index (χ4n) is 2.71. The number of hydrogen-bond donors (Lipinski definition) is 0. The van der Waals surface area contributed by atoms with E-state index in [1.165, 1.54) is 0 Å². The predicted molar refractivity (Wildman–Crippen MR) is 91.9 cm³/mol. The van der Waals surface area contributed by atoms with Crippen molar-refractivity contribution in [3.8, 4) is 0 Å². The van der Waals surface area contributed by atoms with Crippen LogP contribution < -0.4 is 5.30 Å². The van der Waals surface area contributed by atoms with Crippen molar-refractivity contribution in [3.05, 3.63) is 54.6 Å². The minimum absolute atomic E-state index is 0.348. The summed E-state index contributed by atoms with van der Waals surface area (Å²) in [6.45, 7) is 4.35. The van der Waals surface area contributed by atoms with Crippen molar-refractivity contribution in [1.82, 2.24) is 0 Å². The van der Waals surface area contributed by atoms with Gasteiger partial charge in [0.2, 0.25) is 0 Å². The van der Waals surface area contributed by atoms with Gasteiger partial charge in [-0.3, -0.25) is 4.57 Å². The molecule has 0 aliphatic carbocycles. The van der Waals surface area contributed by atoms with Crippen molar-refractivity contribution in [2.75, 3.05) is 13.2 Å². The van der Waals surface area contributed by atoms with Crippen LogP contribution >= 0.6 is 7.60 Å². The summed E-state index contributed by atoms with van der Waals surface area (Å²) in [6.07, 6.45) is 0. The molecule has 3 rings (SSSR count). The largest absolute Gasteiger partial charge is 0.361 e. The second kappa shape index (κ2) is 6.21. The zero-order valence-electron chi connectivity index (χ0n) is 12.8. The van der Waals surface area contributed by atoms with E-state index in [1.54, 1.807) is 0 Å². The second-order valence-electron chi connectivity index (χ2n) is 5.03. The van der Waals surface area contributed by atoms with E-state index in [0.717, 1.165) is 21.5 Å². The summed E-state index contributed by atoms with van der Waals surface area (Å²) in [5.74, 6) is 0. The number of hydrogen-bond acceptors (Lipinski definition) is 3. The van der Waals surface area contributed by atoms with Crippen LogP contribution in [0, 0.1) is 0 Å². The summed E-state index contributed by atoms with van der Waals surface area (Å²) in [4.78, 5) is 0. The Morgan fingerprint density at radius 3 is 2.05 bits per heavy atom. The lowest BCUT2D eigenvalue weighted by Crippen LogP contribution is -2.11. The lowest BCUT2D eigenvalue weighted by atomic mass is 10.0. The van der Waals surface area contributed by atoms with Gasteiger partial charge < -0.3 is 9.05 Å². The molecule has 0 saturated carbocycles. The van der Waals surface area contributed by atoms with E-state index in [1.807, 2.05) is 44.2 Å². The first kappa shape index (κ1) is 15.2. The molecule has 0 aliphatic heterocycles. The van der Waals surface area contributed by atoms with Gasteiger partial charge in [-0.15, -0.1) is 0 Å². The van der Waals surface area contributed by atoms with Crippen molar-refractivity contribution >= 4 is 34.4 Å². The van der Waals surface area contributed by atoms with Crippen molar-refractivity contribution in [2.45, 2.75) is 13.8 Å². The average molecular weight is 314 g/mol. The minimum Gasteiger partial charge on any atom is -0.305 e. The molecule has 4 heteroatoms. The first-order chi connectivity index (χ1) is 10.7. The average Bonchev–Trinajstić information content (AvgIpc) is 2.52. The van der Waals surface area contributed by atoms with E-state index >= 15 is 0 Å². The maximum atomic E-state index is 13.1. The van der Waals surface area contributed by atoms with Crippen molar-refractivity contribution in [1.29, 1.82) is 0 Å². The smallest absolute Gasteiger partial charge is 0.305 e. The van der Waals surface area contributed by atoms with Gasteiger partial charge in [0.15, 0.2) is 0 Å². The second-order valence-corrected chi connectivity index (χ2v) is 7.02. The zero-order chi connectivity index (χ0) is 15.6. The molecule has 0 fully saturated rings. The molecule has 0 N–H and O–H groups in total. The predicted octanol–water partition coefficient (Wildman–Crippen LogP) is 4.88. The molecule has 0 heterocycles. The minimum atomic E-state index is -3.30. The third kappa shape index (κ3) is 2.68. The summed E-state index contributed by atoms with van der Waals surface area (Å²) in [6, 6.07) is 18.1. The Labute approximate surface area is 130 Å². The first-order valence-corrected chi connectivity index (χ1v) is 9.03. The van der Waals surface area contributed by atoms with Gasteiger partial charge in [0.05, 0.1) is 18.5 Å². The molecule has 0 atom stereocenters. The van der Waals surface area contributed by atoms with Crippen LogP contribution in [0.3, 0.4) is 0 Å². The van der Waals surface area contributed by atoms with E-state index in [2.05, 4.69) is 24.3 Å². The van der Waals surface area contributed by atoms with Gasteiger partial charge in [0.25, 0.3) is 0 Å². The lowest BCUT2D eigenvalue weighted by molar-refractivity contribution is 0.230. The fraction of sp³-hybridized carbons (Fsp3) is 0.222. The molecule has 0 saturated heterocycles. The van der Waals surface area contributed by atoms with Gasteiger partial charge in [-0.25, -0.2) is 0 Å². The molecule has 0 aliphatic rings. The summed E-state index contributed by atoms with van der Waals surface area (Å²) in [5, 5.41) is 4.87. The highest BCUT2D eigenvalue weighted by molar-refractivity contribution is 7.62. The normalized spacial score (nSPS) is 12.1. The quantitative estimate of drug-likeness (QED) is 0.497. The Bertz CT molecular complexity index is 847. The van der Waals surface area contributed by atoms with Gasteiger partial charge in [0, 0.05) is 0 Å². The fourth-order valence-corrected chi connectivity index (χ4v) is 4.50. The summed E-state index contributed by atoms with van der Waals surface area (Å²) in [7, 11) is -3.30. The molecule has 3 aromatic carbocycles. The molecular weight excluding hydrogens is 295 g/mol. The van der Waals surface area contributed by atoms with E-state index in [4.69, 9.17) is 9.05 Å². The monoisotopic (exact) mass is 314 g/mol. The number of fused-ring (bicyclic) bond motifs is 2. The van der Waals surface area contributed by atoms with Crippen LogP contribution in [0.2, 0.25) is 0 Å². The molecule has 0 radical (unpaired) electrons. The Kier molecular flexibility index (Phi) is 4.30. The summed E-state index contributed by atoms with van der Waals surface area (Å²) < 4.78 is 24.1. The Balaban J connectivity index is 2.29. The maximum Gasteiger partial charge on any atom is 0.361 e. The van der Waals surface area contributed by atoms with Gasteiger partial charge in [0.1, 0.15) is 0 Å². The van der Waals surface area contributed by atoms with E-state index in [0.29, 0.717) is 18.5 Å². The first-order valence-electron chi connectivity index (χ1n) is 7.49. The molecule has 22 heavy (non-hydrogen) atoms. The third-order valence-electron chi connectivity index (χ3n) is 3.62. The van der Waals surface area contributed by atoms with Crippen LogP contribution in [0.4, 0.5) is 0 Å². The molecule has 3 aromatic rings. The SMILES string of the molecule is CCOP(=O)(OCC)c1cccc2cc3ccccc3cc12. The molecular formula is C18H19O3P. The van der Waals surface area contributed by atoms with Gasteiger partial charge in [-0.05, 0) is 53.6 Å². The van der Waals surface area contributed by atoms with Crippen LogP contribution in [-0.4, -0.2) is 13.2 Å². The topological polar surface area (TPSA) is 35.5 Å². The molecule has 3 nitrogen and oxygen atoms in total. The van der Waals surface area contributed by atoms with Crippen molar-refractivity contribution in [3.63, 3.8) is 0 Å². The molecule has 114 valence electrons. The third-order valence-corrected chi connectivity index (χ3v) is 5.79. The summed E-state index contributed by atoms with van der Waals surface area (Å²) >= 11 is 0. The molecule has 0 spiro atoms. The maximum absolute atomic E-state index is 13.1. The van der Waals surface area contributed by atoms with Crippen molar-refractivity contribution < 1.29 is 13.6 Å². The van der Waals surface area contributed by atoms with Crippen LogP contribution in [0.15, 0.2) is 54.6 Å². The van der Waals surface area contributed by atoms with Crippen LogP contribution in [0.25, 0.3) is 21.5 Å². The van der Waals surface area contributed by atoms with E-state index < -0.39 is 7.60 Å². The van der Waals surface area contributed by atoms with Crippen molar-refractivity contribution in [2.24, 2.45) is 0 Å². The highest BCUT2D eigenvalue weighted by atomic mass is 31.2. The van der Waals surface area contributed by atoms with Gasteiger partial charge in [-0.2, -0.15) is 0 Å². The number of benzene rings is 3. The van der Waals surface area contributed by atoms with Crippen LogP contribution in [0.5, 0.6) is 0 Å². The van der Waals surface area contributed by atoms with Gasteiger partial charge >= 0.3 is 7.60 Å². The standard InChI is InChI=1S/C18H19O3P/c1-3-20-22(19,21-4-2)18-11-7-10-16-12-14-8-5-6-9-15(14)13-17(16)18/h5-13H,3-4H2,1-2H3. The molecule has 0 amide bonds. The Hall–Kier alpha value is -1.67. The van der Waals surface area contributed by atoms with Crippen LogP contribution in [0.1, 0.15) is 13.8 Å². The highest BCUT2D eigenvalue weighted by Gasteiger charge is 2.28. The lowest BCUT2D eigenvalue weighted by Gasteiger charge is -2.19. The van der Waals surface area contributed by atoms with Gasteiger partial charge in [-0.1, -0.05) is 36.4 Å². The van der Waals surface area contributed by atoms with E-state index in [-0.39, 0.29) is 0 Å². The van der Waals surface area contributed by atoms with Crippen LogP contribution in [-0.2, 0) is 13.6 Å². The summed E-state index contributed by atoms with van der Waals surface area (Å²) in [5.41, 5.74) is 0. The highest BCUT2D eigenvalue weighted by Crippen LogP contribution is 2.48. The molecule has 0 bridgehead atoms. The zero-order valence-corrected chi connectivity index (χ0v) is 13.7. The molecule has 0 aromatic heterocycles. The number of rotatable bonds is 5. The molecule has 0 unspecified atom stereocenters. The Morgan fingerprint density at radius 1 is 0.818 bits per heavy atom.